The average Bonchev–Trinajstić information content (AvgIpc) is 2.73. The van der Waals surface area contributed by atoms with Crippen LogP contribution in [0, 0.1) is 0 Å². The highest BCUT2D eigenvalue weighted by Gasteiger charge is 2.20. The van der Waals surface area contributed by atoms with Gasteiger partial charge in [0, 0.05) is 44.6 Å². The Bertz CT molecular complexity index is 807. The lowest BCUT2D eigenvalue weighted by Gasteiger charge is -2.31. The van der Waals surface area contributed by atoms with E-state index in [9.17, 15) is 9.59 Å². The molecule has 0 spiro atoms. The highest BCUT2D eigenvalue weighted by atomic mass is 16.5. The van der Waals surface area contributed by atoms with Crippen LogP contribution in [-0.2, 0) is 24.4 Å². The largest absolute Gasteiger partial charge is 0.465 e. The first-order valence-electron chi connectivity index (χ1n) is 9.67. The summed E-state index contributed by atoms with van der Waals surface area (Å²) >= 11 is 0. The van der Waals surface area contributed by atoms with Crippen molar-refractivity contribution in [1.29, 1.82) is 0 Å². The smallest absolute Gasteiger partial charge is 0.407 e. The van der Waals surface area contributed by atoms with Crippen molar-refractivity contribution < 1.29 is 19.4 Å². The zero-order valence-corrected chi connectivity index (χ0v) is 16.2. The lowest BCUT2D eigenvalue weighted by molar-refractivity contribution is 0.139. The molecule has 1 aromatic carbocycles. The monoisotopic (exact) mass is 398 g/mol. The molecule has 0 atom stereocenters. The number of hydrogen-bond acceptors (Lipinski definition) is 5. The maximum atomic E-state index is 11.9. The van der Waals surface area contributed by atoms with E-state index >= 15 is 0 Å². The molecular formula is C21H26N4O4. The summed E-state index contributed by atoms with van der Waals surface area (Å²) in [5.74, 6) is 0. The number of rotatable bonds is 7. The summed E-state index contributed by atoms with van der Waals surface area (Å²) in [6.45, 7) is 2.99. The third-order valence-corrected chi connectivity index (χ3v) is 4.82. The number of likely N-dealkylation sites (tertiary alicyclic amines) is 1. The summed E-state index contributed by atoms with van der Waals surface area (Å²) < 4.78 is 5.21. The van der Waals surface area contributed by atoms with Gasteiger partial charge in [-0.25, -0.2) is 9.59 Å². The van der Waals surface area contributed by atoms with Gasteiger partial charge < -0.3 is 20.5 Å². The summed E-state index contributed by atoms with van der Waals surface area (Å²) in [5.41, 5.74) is 2.90. The molecule has 1 aromatic heterocycles. The molecule has 0 radical (unpaired) electrons. The maximum Gasteiger partial charge on any atom is 0.407 e. The van der Waals surface area contributed by atoms with Crippen molar-refractivity contribution in [3.8, 4) is 0 Å². The summed E-state index contributed by atoms with van der Waals surface area (Å²) in [6, 6.07) is 11.6. The number of pyridine rings is 1. The Morgan fingerprint density at radius 1 is 1.10 bits per heavy atom. The fourth-order valence-corrected chi connectivity index (χ4v) is 3.34. The first-order valence-corrected chi connectivity index (χ1v) is 9.67. The third-order valence-electron chi connectivity index (χ3n) is 4.82. The van der Waals surface area contributed by atoms with Crippen LogP contribution in [0.1, 0.15) is 29.5 Å². The molecular weight excluding hydrogens is 372 g/mol. The number of nitrogens with one attached hydrogen (secondary N) is 2. The molecule has 29 heavy (non-hydrogen) atoms. The van der Waals surface area contributed by atoms with E-state index in [2.05, 4.69) is 20.5 Å². The molecule has 1 aliphatic rings. The maximum absolute atomic E-state index is 11.9. The van der Waals surface area contributed by atoms with E-state index in [1.54, 1.807) is 6.20 Å². The van der Waals surface area contributed by atoms with Crippen molar-refractivity contribution in [3.63, 3.8) is 0 Å². The van der Waals surface area contributed by atoms with E-state index in [0.29, 0.717) is 6.54 Å². The van der Waals surface area contributed by atoms with Crippen molar-refractivity contribution >= 4 is 12.2 Å². The lowest BCUT2D eigenvalue weighted by Crippen LogP contribution is -2.43. The molecule has 1 fully saturated rings. The standard InChI is InChI=1S/C21H26N4O4/c26-20(27)24-19-6-8-25(9-7-19)14-18-10-17(11-22-12-18)13-23-21(28)29-15-16-4-2-1-3-5-16/h1-5,10-12,19,24H,6-9,13-15H2,(H,23,28)(H,26,27). The summed E-state index contributed by atoms with van der Waals surface area (Å²) in [7, 11) is 0. The van der Waals surface area contributed by atoms with Gasteiger partial charge >= 0.3 is 12.2 Å². The van der Waals surface area contributed by atoms with Gasteiger partial charge in [0.25, 0.3) is 0 Å². The fraction of sp³-hybridized carbons (Fsp3) is 0.381. The zero-order chi connectivity index (χ0) is 20.5. The van der Waals surface area contributed by atoms with Crippen molar-refractivity contribution in [1.82, 2.24) is 20.5 Å². The van der Waals surface area contributed by atoms with E-state index in [1.807, 2.05) is 42.6 Å². The highest BCUT2D eigenvalue weighted by molar-refractivity contribution is 5.67. The van der Waals surface area contributed by atoms with Crippen molar-refractivity contribution in [2.45, 2.75) is 38.6 Å². The molecule has 3 N–H and O–H groups in total. The molecule has 1 aliphatic heterocycles. The third kappa shape index (κ3) is 7.08. The molecule has 0 bridgehead atoms. The Kier molecular flexibility index (Phi) is 7.40. The lowest BCUT2D eigenvalue weighted by atomic mass is 10.0. The predicted molar refractivity (Wildman–Crippen MR) is 107 cm³/mol. The number of hydrogen-bond donors (Lipinski definition) is 3. The Balaban J connectivity index is 1.41. The number of ether oxygens (including phenoxy) is 1. The van der Waals surface area contributed by atoms with E-state index < -0.39 is 12.2 Å². The summed E-state index contributed by atoms with van der Waals surface area (Å²) in [5, 5.41) is 14.1. The molecule has 0 aliphatic carbocycles. The van der Waals surface area contributed by atoms with Crippen LogP contribution in [0.15, 0.2) is 48.8 Å². The number of carbonyl (C=O) groups is 2. The SMILES string of the molecule is O=C(O)NC1CCN(Cc2cncc(CNC(=O)OCc3ccccc3)c2)CC1. The van der Waals surface area contributed by atoms with Crippen molar-refractivity contribution in [2.75, 3.05) is 13.1 Å². The van der Waals surface area contributed by atoms with Crippen LogP contribution in [0.25, 0.3) is 0 Å². The molecule has 2 heterocycles. The Morgan fingerprint density at radius 3 is 2.55 bits per heavy atom. The minimum absolute atomic E-state index is 0.0271. The molecule has 8 nitrogen and oxygen atoms in total. The minimum Gasteiger partial charge on any atom is -0.465 e. The minimum atomic E-state index is -0.963. The number of alkyl carbamates (subject to hydrolysis) is 1. The predicted octanol–water partition coefficient (Wildman–Crippen LogP) is 2.74. The Hall–Kier alpha value is -3.13. The van der Waals surface area contributed by atoms with Gasteiger partial charge in [0.15, 0.2) is 0 Å². The van der Waals surface area contributed by atoms with Gasteiger partial charge in [0.1, 0.15) is 6.61 Å². The quantitative estimate of drug-likeness (QED) is 0.663. The molecule has 1 saturated heterocycles. The Morgan fingerprint density at radius 2 is 1.83 bits per heavy atom. The van der Waals surface area contributed by atoms with Crippen LogP contribution in [0.3, 0.4) is 0 Å². The second-order valence-electron chi connectivity index (χ2n) is 7.12. The van der Waals surface area contributed by atoms with Crippen molar-refractivity contribution in [3.05, 3.63) is 65.5 Å². The summed E-state index contributed by atoms with van der Waals surface area (Å²) in [6.07, 6.45) is 3.72. The van der Waals surface area contributed by atoms with Gasteiger partial charge in [-0.05, 0) is 35.6 Å². The summed E-state index contributed by atoms with van der Waals surface area (Å²) in [4.78, 5) is 29.2. The average molecular weight is 398 g/mol. The molecule has 2 amide bonds. The van der Waals surface area contributed by atoms with Gasteiger partial charge in [-0.3, -0.25) is 9.88 Å². The molecule has 2 aromatic rings. The van der Waals surface area contributed by atoms with Crippen LogP contribution in [0.2, 0.25) is 0 Å². The topological polar surface area (TPSA) is 104 Å². The van der Waals surface area contributed by atoms with Gasteiger partial charge in [0.05, 0.1) is 0 Å². The van der Waals surface area contributed by atoms with Crippen LogP contribution in [0.4, 0.5) is 9.59 Å². The number of carbonyl (C=O) groups excluding carboxylic acids is 1. The molecule has 3 rings (SSSR count). The van der Waals surface area contributed by atoms with E-state index in [4.69, 9.17) is 9.84 Å². The normalized spacial score (nSPS) is 14.9. The zero-order valence-electron chi connectivity index (χ0n) is 16.2. The molecule has 8 heteroatoms. The van der Waals surface area contributed by atoms with Gasteiger partial charge in [-0.2, -0.15) is 0 Å². The number of piperidine rings is 1. The van der Waals surface area contributed by atoms with Crippen LogP contribution in [-0.4, -0.2) is 46.3 Å². The fourth-order valence-electron chi connectivity index (χ4n) is 3.34. The second-order valence-corrected chi connectivity index (χ2v) is 7.12. The molecule has 0 saturated carbocycles. The van der Waals surface area contributed by atoms with Crippen molar-refractivity contribution in [2.24, 2.45) is 0 Å². The van der Waals surface area contributed by atoms with Gasteiger partial charge in [0.2, 0.25) is 0 Å². The first kappa shape index (κ1) is 20.6. The first-order chi connectivity index (χ1) is 14.1. The number of carboxylic acid groups (broad SMARTS) is 1. The molecule has 0 unspecified atom stereocenters. The van der Waals surface area contributed by atoms with Crippen LogP contribution < -0.4 is 10.6 Å². The van der Waals surface area contributed by atoms with Crippen LogP contribution >= 0.6 is 0 Å². The van der Waals surface area contributed by atoms with E-state index in [1.165, 1.54) is 0 Å². The molecule has 154 valence electrons. The second kappa shape index (κ2) is 10.4. The highest BCUT2D eigenvalue weighted by Crippen LogP contribution is 2.14. The van der Waals surface area contributed by atoms with E-state index in [-0.39, 0.29) is 12.6 Å². The number of aromatic nitrogens is 1. The van der Waals surface area contributed by atoms with E-state index in [0.717, 1.165) is 49.2 Å². The number of benzene rings is 1. The number of nitrogens with zero attached hydrogens (tertiary/aromatic N) is 2. The van der Waals surface area contributed by atoms with Gasteiger partial charge in [-0.1, -0.05) is 30.3 Å². The Labute approximate surface area is 169 Å². The van der Waals surface area contributed by atoms with Crippen LogP contribution in [0.5, 0.6) is 0 Å². The van der Waals surface area contributed by atoms with Gasteiger partial charge in [-0.15, -0.1) is 0 Å². The number of amides is 2.